The van der Waals surface area contributed by atoms with Crippen LogP contribution in [0.1, 0.15) is 50.0 Å². The van der Waals surface area contributed by atoms with Crippen molar-refractivity contribution in [1.82, 2.24) is 14.7 Å². The average Bonchev–Trinajstić information content (AvgIpc) is 2.82. The standard InChI is InChI=1S/C15H20ClN3O/c1-3-4-5-6-11(2)17-15(20)13-10-19-9-12(16)7-8-14(19)18-13/h7-11H,3-6H2,1-2H3,(H,17,20). The molecule has 0 spiro atoms. The average molecular weight is 294 g/mol. The maximum Gasteiger partial charge on any atom is 0.271 e. The summed E-state index contributed by atoms with van der Waals surface area (Å²) in [5.74, 6) is -0.131. The lowest BCUT2D eigenvalue weighted by Gasteiger charge is -2.12. The number of rotatable bonds is 6. The molecule has 0 aliphatic heterocycles. The quantitative estimate of drug-likeness (QED) is 0.826. The van der Waals surface area contributed by atoms with Crippen molar-refractivity contribution in [3.05, 3.63) is 35.2 Å². The molecule has 0 saturated carbocycles. The van der Waals surface area contributed by atoms with Crippen LogP contribution in [0.4, 0.5) is 0 Å². The van der Waals surface area contributed by atoms with E-state index in [1.54, 1.807) is 28.9 Å². The number of hydrogen-bond acceptors (Lipinski definition) is 2. The predicted octanol–water partition coefficient (Wildman–Crippen LogP) is 3.69. The second kappa shape index (κ2) is 6.75. The normalized spacial score (nSPS) is 12.6. The van der Waals surface area contributed by atoms with Gasteiger partial charge in [0.05, 0.1) is 5.02 Å². The highest BCUT2D eigenvalue weighted by molar-refractivity contribution is 6.30. The Kier molecular flexibility index (Phi) is 5.01. The van der Waals surface area contributed by atoms with Gasteiger partial charge in [0.15, 0.2) is 0 Å². The van der Waals surface area contributed by atoms with Gasteiger partial charge in [0.2, 0.25) is 0 Å². The van der Waals surface area contributed by atoms with E-state index in [2.05, 4.69) is 17.2 Å². The maximum absolute atomic E-state index is 12.1. The molecule has 2 heterocycles. The Labute approximate surface area is 124 Å². The van der Waals surface area contributed by atoms with Gasteiger partial charge >= 0.3 is 0 Å². The van der Waals surface area contributed by atoms with Gasteiger partial charge in [-0.1, -0.05) is 37.8 Å². The first-order valence-corrected chi connectivity index (χ1v) is 7.43. The summed E-state index contributed by atoms with van der Waals surface area (Å²) >= 11 is 5.91. The molecule has 1 atom stereocenters. The van der Waals surface area contributed by atoms with Gasteiger partial charge in [-0.15, -0.1) is 0 Å². The SMILES string of the molecule is CCCCCC(C)NC(=O)c1cn2cc(Cl)ccc2n1. The van der Waals surface area contributed by atoms with Gasteiger partial charge < -0.3 is 9.72 Å². The fourth-order valence-corrected chi connectivity index (χ4v) is 2.31. The molecule has 0 fully saturated rings. The molecule has 0 bridgehead atoms. The number of fused-ring (bicyclic) bond motifs is 1. The maximum atomic E-state index is 12.1. The van der Waals surface area contributed by atoms with Crippen LogP contribution in [0.15, 0.2) is 24.5 Å². The van der Waals surface area contributed by atoms with Crippen molar-refractivity contribution in [2.75, 3.05) is 0 Å². The third kappa shape index (κ3) is 3.73. The lowest BCUT2D eigenvalue weighted by atomic mass is 10.1. The number of carbonyl (C=O) groups excluding carboxylic acids is 1. The number of halogens is 1. The first-order valence-electron chi connectivity index (χ1n) is 7.05. The lowest BCUT2D eigenvalue weighted by molar-refractivity contribution is 0.0933. The first-order chi connectivity index (χ1) is 9.60. The van der Waals surface area contributed by atoms with E-state index in [1.807, 2.05) is 6.92 Å². The lowest BCUT2D eigenvalue weighted by Crippen LogP contribution is -2.32. The largest absolute Gasteiger partial charge is 0.348 e. The van der Waals surface area contributed by atoms with Crippen LogP contribution >= 0.6 is 11.6 Å². The summed E-state index contributed by atoms with van der Waals surface area (Å²) in [6.07, 6.45) is 7.97. The highest BCUT2D eigenvalue weighted by Crippen LogP contribution is 2.12. The van der Waals surface area contributed by atoms with E-state index in [1.165, 1.54) is 12.8 Å². The van der Waals surface area contributed by atoms with Crippen LogP contribution in [0.3, 0.4) is 0 Å². The van der Waals surface area contributed by atoms with Gasteiger partial charge in [0.25, 0.3) is 5.91 Å². The van der Waals surface area contributed by atoms with E-state index in [4.69, 9.17) is 11.6 Å². The zero-order valence-corrected chi connectivity index (χ0v) is 12.7. The number of carbonyl (C=O) groups is 1. The smallest absolute Gasteiger partial charge is 0.271 e. The third-order valence-corrected chi connectivity index (χ3v) is 3.49. The van der Waals surface area contributed by atoms with Crippen molar-refractivity contribution >= 4 is 23.2 Å². The first kappa shape index (κ1) is 14.9. The van der Waals surface area contributed by atoms with Crippen molar-refractivity contribution in [2.24, 2.45) is 0 Å². The van der Waals surface area contributed by atoms with Crippen molar-refractivity contribution in [1.29, 1.82) is 0 Å². The summed E-state index contributed by atoms with van der Waals surface area (Å²) in [6.45, 7) is 4.20. The van der Waals surface area contributed by atoms with Crippen molar-refractivity contribution in [2.45, 2.75) is 45.6 Å². The van der Waals surface area contributed by atoms with E-state index in [0.29, 0.717) is 10.7 Å². The predicted molar refractivity (Wildman–Crippen MR) is 81.3 cm³/mol. The van der Waals surface area contributed by atoms with Gasteiger partial charge in [-0.2, -0.15) is 0 Å². The molecular weight excluding hydrogens is 274 g/mol. The number of pyridine rings is 1. The number of amides is 1. The highest BCUT2D eigenvalue weighted by Gasteiger charge is 2.13. The van der Waals surface area contributed by atoms with Crippen LogP contribution in [0.5, 0.6) is 0 Å². The van der Waals surface area contributed by atoms with Crippen molar-refractivity contribution < 1.29 is 4.79 Å². The van der Waals surface area contributed by atoms with E-state index in [-0.39, 0.29) is 11.9 Å². The number of nitrogens with zero attached hydrogens (tertiary/aromatic N) is 2. The minimum Gasteiger partial charge on any atom is -0.348 e. The van der Waals surface area contributed by atoms with Gasteiger partial charge in [-0.05, 0) is 25.5 Å². The van der Waals surface area contributed by atoms with E-state index in [0.717, 1.165) is 18.5 Å². The summed E-state index contributed by atoms with van der Waals surface area (Å²) in [5, 5.41) is 3.60. The summed E-state index contributed by atoms with van der Waals surface area (Å²) in [7, 11) is 0. The van der Waals surface area contributed by atoms with Gasteiger partial charge in [0.1, 0.15) is 11.3 Å². The second-order valence-electron chi connectivity index (χ2n) is 5.11. The molecule has 20 heavy (non-hydrogen) atoms. The molecule has 1 N–H and O–H groups in total. The Morgan fingerprint density at radius 3 is 2.95 bits per heavy atom. The number of imidazole rings is 1. The van der Waals surface area contributed by atoms with E-state index >= 15 is 0 Å². The third-order valence-electron chi connectivity index (χ3n) is 3.27. The topological polar surface area (TPSA) is 46.4 Å². The molecule has 2 aromatic rings. The number of aromatic nitrogens is 2. The molecule has 0 aliphatic rings. The van der Waals surface area contributed by atoms with Crippen molar-refractivity contribution in [3.8, 4) is 0 Å². The van der Waals surface area contributed by atoms with Gasteiger partial charge in [-0.25, -0.2) is 4.98 Å². The van der Waals surface area contributed by atoms with E-state index < -0.39 is 0 Å². The second-order valence-corrected chi connectivity index (χ2v) is 5.55. The molecular formula is C15H20ClN3O. The summed E-state index contributed by atoms with van der Waals surface area (Å²) < 4.78 is 1.76. The molecule has 108 valence electrons. The van der Waals surface area contributed by atoms with Gasteiger partial charge in [0, 0.05) is 18.4 Å². The molecule has 4 nitrogen and oxygen atoms in total. The minimum absolute atomic E-state index is 0.131. The Morgan fingerprint density at radius 2 is 2.20 bits per heavy atom. The number of hydrogen-bond donors (Lipinski definition) is 1. The van der Waals surface area contributed by atoms with Crippen LogP contribution in [0.2, 0.25) is 5.02 Å². The van der Waals surface area contributed by atoms with Gasteiger partial charge in [-0.3, -0.25) is 4.79 Å². The zero-order chi connectivity index (χ0) is 14.5. The summed E-state index contributed by atoms with van der Waals surface area (Å²) in [6, 6.07) is 3.73. The van der Waals surface area contributed by atoms with Crippen LogP contribution in [0.25, 0.3) is 5.65 Å². The van der Waals surface area contributed by atoms with Crippen LogP contribution in [-0.2, 0) is 0 Å². The number of nitrogens with one attached hydrogen (secondary N) is 1. The highest BCUT2D eigenvalue weighted by atomic mass is 35.5. The monoisotopic (exact) mass is 293 g/mol. The molecule has 5 heteroatoms. The Morgan fingerprint density at radius 1 is 1.40 bits per heavy atom. The molecule has 0 aromatic carbocycles. The molecule has 2 aromatic heterocycles. The molecule has 0 radical (unpaired) electrons. The Bertz CT molecular complexity index is 594. The minimum atomic E-state index is -0.131. The molecule has 1 unspecified atom stereocenters. The fraction of sp³-hybridized carbons (Fsp3) is 0.467. The zero-order valence-electron chi connectivity index (χ0n) is 11.9. The molecule has 1 amide bonds. The molecule has 0 aliphatic carbocycles. The van der Waals surface area contributed by atoms with Crippen LogP contribution in [0, 0.1) is 0 Å². The molecule has 2 rings (SSSR count). The fourth-order valence-electron chi connectivity index (χ4n) is 2.14. The van der Waals surface area contributed by atoms with Crippen LogP contribution in [-0.4, -0.2) is 21.3 Å². The Hall–Kier alpha value is -1.55. The molecule has 0 saturated heterocycles. The Balaban J connectivity index is 2.00. The summed E-state index contributed by atoms with van der Waals surface area (Å²) in [4.78, 5) is 16.4. The number of unbranched alkanes of at least 4 members (excludes halogenated alkanes) is 2. The van der Waals surface area contributed by atoms with Crippen LogP contribution < -0.4 is 5.32 Å². The summed E-state index contributed by atoms with van der Waals surface area (Å²) in [5.41, 5.74) is 1.15. The van der Waals surface area contributed by atoms with Crippen molar-refractivity contribution in [3.63, 3.8) is 0 Å². The van der Waals surface area contributed by atoms with E-state index in [9.17, 15) is 4.79 Å².